The van der Waals surface area contributed by atoms with E-state index in [9.17, 15) is 10.1 Å². The maximum Gasteiger partial charge on any atom is 0.293 e. The second kappa shape index (κ2) is 5.56. The van der Waals surface area contributed by atoms with Crippen LogP contribution in [0.4, 0.5) is 11.4 Å². The molecule has 0 saturated carbocycles. The molecule has 5 nitrogen and oxygen atoms in total. The Morgan fingerprint density at radius 3 is 2.67 bits per heavy atom. The molecule has 0 spiro atoms. The summed E-state index contributed by atoms with van der Waals surface area (Å²) in [6.07, 6.45) is 2.16. The topological polar surface area (TPSA) is 55.6 Å². The van der Waals surface area contributed by atoms with Crippen LogP contribution in [0.2, 0.25) is 0 Å². The smallest absolute Gasteiger partial charge is 0.293 e. The van der Waals surface area contributed by atoms with Crippen LogP contribution in [0.25, 0.3) is 0 Å². The first kappa shape index (κ1) is 13.1. The first-order valence-corrected chi connectivity index (χ1v) is 6.78. The van der Waals surface area contributed by atoms with E-state index in [0.29, 0.717) is 22.5 Å². The van der Waals surface area contributed by atoms with E-state index in [-0.39, 0.29) is 10.6 Å². The minimum atomic E-state index is -0.339. The number of ether oxygens (including phenoxy) is 1. The van der Waals surface area contributed by atoms with E-state index in [4.69, 9.17) is 4.74 Å². The minimum absolute atomic E-state index is 0.132. The molecule has 98 valence electrons. The van der Waals surface area contributed by atoms with Gasteiger partial charge in [-0.25, -0.2) is 0 Å². The van der Waals surface area contributed by atoms with Crippen molar-refractivity contribution in [3.8, 4) is 5.75 Å². The van der Waals surface area contributed by atoms with Gasteiger partial charge >= 0.3 is 0 Å². The second-order valence-electron chi connectivity index (χ2n) is 4.16. The van der Waals surface area contributed by atoms with Crippen molar-refractivity contribution in [3.05, 3.63) is 26.7 Å². The van der Waals surface area contributed by atoms with Gasteiger partial charge < -0.3 is 9.64 Å². The molecule has 18 heavy (non-hydrogen) atoms. The summed E-state index contributed by atoms with van der Waals surface area (Å²) in [6.45, 7) is 4.17. The Hall–Kier alpha value is -1.30. The van der Waals surface area contributed by atoms with Crippen molar-refractivity contribution in [1.29, 1.82) is 0 Å². The predicted molar refractivity (Wildman–Crippen MR) is 73.4 cm³/mol. The van der Waals surface area contributed by atoms with Gasteiger partial charge in [-0.3, -0.25) is 10.1 Å². The number of hydrogen-bond acceptors (Lipinski definition) is 4. The van der Waals surface area contributed by atoms with E-state index < -0.39 is 0 Å². The van der Waals surface area contributed by atoms with E-state index in [2.05, 4.69) is 15.9 Å². The molecular weight excluding hydrogens is 300 g/mol. The molecule has 0 bridgehead atoms. The zero-order valence-corrected chi connectivity index (χ0v) is 11.8. The first-order chi connectivity index (χ1) is 8.63. The van der Waals surface area contributed by atoms with Crippen LogP contribution in [0.15, 0.2) is 16.6 Å². The van der Waals surface area contributed by atoms with E-state index in [1.165, 1.54) is 6.07 Å². The molecule has 6 heteroatoms. The molecule has 2 rings (SSSR count). The maximum atomic E-state index is 11.1. The van der Waals surface area contributed by atoms with Gasteiger partial charge in [-0.15, -0.1) is 0 Å². The number of anilines is 1. The summed E-state index contributed by atoms with van der Waals surface area (Å²) in [5, 5.41) is 11.1. The molecule has 0 unspecified atom stereocenters. The molecule has 0 amide bonds. The third-order valence-electron chi connectivity index (χ3n) is 2.97. The Morgan fingerprint density at radius 2 is 2.11 bits per heavy atom. The molecule has 1 saturated heterocycles. The van der Waals surface area contributed by atoms with E-state index in [0.717, 1.165) is 25.9 Å². The van der Waals surface area contributed by atoms with Crippen molar-refractivity contribution in [2.24, 2.45) is 0 Å². The Bertz CT molecular complexity index is 459. The van der Waals surface area contributed by atoms with Crippen molar-refractivity contribution in [3.63, 3.8) is 0 Å². The number of nitro groups is 1. The van der Waals surface area contributed by atoms with Crippen LogP contribution in [-0.2, 0) is 0 Å². The number of rotatable bonds is 4. The fraction of sp³-hybridized carbons (Fsp3) is 0.500. The molecule has 0 aromatic heterocycles. The predicted octanol–water partition coefficient (Wildman–Crippen LogP) is 3.36. The molecule has 1 aromatic rings. The highest BCUT2D eigenvalue weighted by atomic mass is 79.9. The number of nitrogens with zero attached hydrogens (tertiary/aromatic N) is 2. The molecular formula is C12H15BrN2O3. The SMILES string of the molecule is CCOc1cc(N2CCCC2)c([N+](=O)[O-])cc1Br. The summed E-state index contributed by atoms with van der Waals surface area (Å²) in [4.78, 5) is 12.8. The number of benzene rings is 1. The summed E-state index contributed by atoms with van der Waals surface area (Å²) < 4.78 is 6.10. The Balaban J connectivity index is 2.45. The van der Waals surface area contributed by atoms with Crippen molar-refractivity contribution < 1.29 is 9.66 Å². The zero-order valence-electron chi connectivity index (χ0n) is 10.2. The molecule has 1 aliphatic rings. The van der Waals surface area contributed by atoms with Crippen LogP contribution < -0.4 is 9.64 Å². The van der Waals surface area contributed by atoms with Crippen molar-refractivity contribution in [2.45, 2.75) is 19.8 Å². The molecule has 0 aliphatic carbocycles. The van der Waals surface area contributed by atoms with Crippen LogP contribution in [0.5, 0.6) is 5.75 Å². The summed E-state index contributed by atoms with van der Waals surface area (Å²) in [7, 11) is 0. The summed E-state index contributed by atoms with van der Waals surface area (Å²) in [6, 6.07) is 3.29. The normalized spacial score (nSPS) is 14.9. The number of halogens is 1. The second-order valence-corrected chi connectivity index (χ2v) is 5.01. The maximum absolute atomic E-state index is 11.1. The van der Waals surface area contributed by atoms with Crippen LogP contribution in [0.3, 0.4) is 0 Å². The molecule has 1 aliphatic heterocycles. The van der Waals surface area contributed by atoms with Crippen LogP contribution in [0.1, 0.15) is 19.8 Å². The van der Waals surface area contributed by atoms with Gasteiger partial charge in [0.2, 0.25) is 0 Å². The zero-order chi connectivity index (χ0) is 13.1. The van der Waals surface area contributed by atoms with E-state index in [1.807, 2.05) is 11.8 Å². The lowest BCUT2D eigenvalue weighted by Crippen LogP contribution is -2.19. The van der Waals surface area contributed by atoms with Gasteiger partial charge in [0.25, 0.3) is 5.69 Å². The van der Waals surface area contributed by atoms with Crippen LogP contribution in [-0.4, -0.2) is 24.6 Å². The fourth-order valence-electron chi connectivity index (χ4n) is 2.16. The lowest BCUT2D eigenvalue weighted by atomic mass is 10.2. The third-order valence-corrected chi connectivity index (χ3v) is 3.59. The van der Waals surface area contributed by atoms with Gasteiger partial charge in [-0.2, -0.15) is 0 Å². The summed E-state index contributed by atoms with van der Waals surface area (Å²) in [5.74, 6) is 0.657. The van der Waals surface area contributed by atoms with E-state index >= 15 is 0 Å². The minimum Gasteiger partial charge on any atom is -0.493 e. The highest BCUT2D eigenvalue weighted by molar-refractivity contribution is 9.10. The van der Waals surface area contributed by atoms with Gasteiger partial charge in [0, 0.05) is 25.2 Å². The van der Waals surface area contributed by atoms with Gasteiger partial charge in [-0.05, 0) is 35.7 Å². The molecule has 1 fully saturated rings. The lowest BCUT2D eigenvalue weighted by molar-refractivity contribution is -0.384. The van der Waals surface area contributed by atoms with Gasteiger partial charge in [0.15, 0.2) is 0 Å². The fourth-order valence-corrected chi connectivity index (χ4v) is 2.60. The average Bonchev–Trinajstić information content (AvgIpc) is 2.84. The largest absolute Gasteiger partial charge is 0.493 e. The lowest BCUT2D eigenvalue weighted by Gasteiger charge is -2.19. The molecule has 1 aromatic carbocycles. The van der Waals surface area contributed by atoms with Crippen molar-refractivity contribution >= 4 is 27.3 Å². The van der Waals surface area contributed by atoms with Gasteiger partial charge in [0.1, 0.15) is 11.4 Å². The first-order valence-electron chi connectivity index (χ1n) is 5.99. The van der Waals surface area contributed by atoms with Gasteiger partial charge in [-0.1, -0.05) is 0 Å². The Morgan fingerprint density at radius 1 is 1.44 bits per heavy atom. The highest BCUT2D eigenvalue weighted by Gasteiger charge is 2.24. The monoisotopic (exact) mass is 314 g/mol. The average molecular weight is 315 g/mol. The molecule has 0 N–H and O–H groups in total. The number of nitro benzene ring substituents is 1. The van der Waals surface area contributed by atoms with Crippen LogP contribution in [0, 0.1) is 10.1 Å². The quantitative estimate of drug-likeness (QED) is 0.631. The van der Waals surface area contributed by atoms with Crippen molar-refractivity contribution in [2.75, 3.05) is 24.6 Å². The molecule has 0 atom stereocenters. The van der Waals surface area contributed by atoms with Crippen LogP contribution >= 0.6 is 15.9 Å². The Kier molecular flexibility index (Phi) is 4.06. The summed E-state index contributed by atoms with van der Waals surface area (Å²) >= 11 is 3.31. The van der Waals surface area contributed by atoms with E-state index in [1.54, 1.807) is 6.07 Å². The number of hydrogen-bond donors (Lipinski definition) is 0. The van der Waals surface area contributed by atoms with Gasteiger partial charge in [0.05, 0.1) is 16.0 Å². The molecule has 1 heterocycles. The third kappa shape index (κ3) is 2.58. The highest BCUT2D eigenvalue weighted by Crippen LogP contribution is 2.39. The standard InChI is InChI=1S/C12H15BrN2O3/c1-2-18-12-8-10(14-5-3-4-6-14)11(15(16)17)7-9(12)13/h7-8H,2-6H2,1H3. The summed E-state index contributed by atoms with van der Waals surface area (Å²) in [5.41, 5.74) is 0.788. The Labute approximate surface area is 114 Å². The molecule has 0 radical (unpaired) electrons. The van der Waals surface area contributed by atoms with Crippen molar-refractivity contribution in [1.82, 2.24) is 0 Å².